The summed E-state index contributed by atoms with van der Waals surface area (Å²) in [5, 5.41) is 6.57. The number of aliphatic imine (C=N–C) groups is 1. The molecule has 5 nitrogen and oxygen atoms in total. The van der Waals surface area contributed by atoms with Crippen molar-refractivity contribution in [3.05, 3.63) is 101 Å². The van der Waals surface area contributed by atoms with Gasteiger partial charge >= 0.3 is 0 Å². The standard InChI is InChI=1S/C25H22F2N4O/c1-16-10-11-17(14-21(16)27)24(32)31-25(30-23-9-5-3-7-20(23)26)28-13-12-18-15-29-22-8-4-2-6-19(18)22/h2-11,14-15,29H,12-13H2,1H3,(H2,28,30,31,32). The van der Waals surface area contributed by atoms with E-state index in [2.05, 4.69) is 20.6 Å². The van der Waals surface area contributed by atoms with E-state index in [0.29, 0.717) is 18.5 Å². The number of hydrogen-bond donors (Lipinski definition) is 3. The number of aromatic nitrogens is 1. The molecule has 162 valence electrons. The summed E-state index contributed by atoms with van der Waals surface area (Å²) in [4.78, 5) is 20.3. The summed E-state index contributed by atoms with van der Waals surface area (Å²) in [7, 11) is 0. The SMILES string of the molecule is Cc1ccc(C(=O)NC(=NCCc2c[nH]c3ccccc23)Nc2ccccc2F)cc1F. The second kappa shape index (κ2) is 9.43. The number of guanidine groups is 1. The number of anilines is 1. The van der Waals surface area contributed by atoms with Gasteiger partial charge < -0.3 is 10.3 Å². The summed E-state index contributed by atoms with van der Waals surface area (Å²) in [6, 6.07) is 18.3. The molecule has 4 rings (SSSR count). The number of para-hydroxylation sites is 2. The summed E-state index contributed by atoms with van der Waals surface area (Å²) in [5.41, 5.74) is 2.88. The van der Waals surface area contributed by atoms with Gasteiger partial charge in [-0.3, -0.25) is 15.1 Å². The van der Waals surface area contributed by atoms with Crippen LogP contribution in [-0.4, -0.2) is 23.4 Å². The lowest BCUT2D eigenvalue weighted by molar-refractivity contribution is 0.0976. The van der Waals surface area contributed by atoms with Gasteiger partial charge in [-0.25, -0.2) is 8.78 Å². The highest BCUT2D eigenvalue weighted by Crippen LogP contribution is 2.18. The fourth-order valence-electron chi connectivity index (χ4n) is 3.34. The van der Waals surface area contributed by atoms with Gasteiger partial charge in [0.25, 0.3) is 5.91 Å². The van der Waals surface area contributed by atoms with Crippen LogP contribution in [-0.2, 0) is 6.42 Å². The van der Waals surface area contributed by atoms with E-state index in [-0.39, 0.29) is 17.2 Å². The average Bonchev–Trinajstić information content (AvgIpc) is 3.20. The minimum absolute atomic E-state index is 0.0842. The highest BCUT2D eigenvalue weighted by atomic mass is 19.1. The molecule has 0 bridgehead atoms. The van der Waals surface area contributed by atoms with E-state index in [9.17, 15) is 13.6 Å². The number of benzene rings is 3. The normalized spacial score (nSPS) is 11.5. The molecular formula is C25H22F2N4O. The molecule has 0 fully saturated rings. The first-order valence-electron chi connectivity index (χ1n) is 10.2. The summed E-state index contributed by atoms with van der Waals surface area (Å²) in [6.07, 6.45) is 2.54. The van der Waals surface area contributed by atoms with E-state index in [4.69, 9.17) is 0 Å². The van der Waals surface area contributed by atoms with E-state index in [1.54, 1.807) is 25.1 Å². The number of halogens is 2. The average molecular weight is 432 g/mol. The Balaban J connectivity index is 1.54. The number of aromatic amines is 1. The molecule has 4 aromatic rings. The first kappa shape index (κ1) is 21.2. The van der Waals surface area contributed by atoms with E-state index in [1.165, 1.54) is 18.2 Å². The molecule has 3 aromatic carbocycles. The maximum atomic E-state index is 14.1. The molecule has 32 heavy (non-hydrogen) atoms. The molecule has 0 atom stereocenters. The molecule has 1 heterocycles. The number of hydrogen-bond acceptors (Lipinski definition) is 2. The molecular weight excluding hydrogens is 410 g/mol. The topological polar surface area (TPSA) is 69.3 Å². The van der Waals surface area contributed by atoms with E-state index in [0.717, 1.165) is 22.5 Å². The Morgan fingerprint density at radius 1 is 1.00 bits per heavy atom. The minimum atomic E-state index is -0.543. The van der Waals surface area contributed by atoms with Crippen molar-refractivity contribution in [3.8, 4) is 0 Å². The zero-order valence-electron chi connectivity index (χ0n) is 17.5. The Kier molecular flexibility index (Phi) is 6.26. The molecule has 0 spiro atoms. The van der Waals surface area contributed by atoms with E-state index in [1.807, 2.05) is 30.5 Å². The van der Waals surface area contributed by atoms with Gasteiger partial charge in [-0.1, -0.05) is 36.4 Å². The van der Waals surface area contributed by atoms with E-state index >= 15 is 0 Å². The minimum Gasteiger partial charge on any atom is -0.361 e. The smallest absolute Gasteiger partial charge is 0.258 e. The highest BCUT2D eigenvalue weighted by molar-refractivity contribution is 6.10. The van der Waals surface area contributed by atoms with Gasteiger partial charge in [-0.15, -0.1) is 0 Å². The van der Waals surface area contributed by atoms with Crippen molar-refractivity contribution in [1.29, 1.82) is 0 Å². The fourth-order valence-corrected chi connectivity index (χ4v) is 3.34. The van der Waals surface area contributed by atoms with Crippen LogP contribution in [0.4, 0.5) is 14.5 Å². The number of fused-ring (bicyclic) bond motifs is 1. The predicted molar refractivity (Wildman–Crippen MR) is 123 cm³/mol. The quantitative estimate of drug-likeness (QED) is 0.300. The maximum absolute atomic E-state index is 14.1. The molecule has 0 saturated carbocycles. The molecule has 0 saturated heterocycles. The van der Waals surface area contributed by atoms with Crippen molar-refractivity contribution >= 4 is 28.5 Å². The molecule has 3 N–H and O–H groups in total. The Hall–Kier alpha value is -4.00. The largest absolute Gasteiger partial charge is 0.361 e. The van der Waals surface area contributed by atoms with Crippen LogP contribution in [0.1, 0.15) is 21.5 Å². The number of aryl methyl sites for hydroxylation is 1. The Bertz CT molecular complexity index is 1300. The number of nitrogens with zero attached hydrogens (tertiary/aromatic N) is 1. The number of amides is 1. The summed E-state index contributed by atoms with van der Waals surface area (Å²) in [6.45, 7) is 1.97. The van der Waals surface area contributed by atoms with Crippen molar-refractivity contribution in [2.45, 2.75) is 13.3 Å². The molecule has 0 radical (unpaired) electrons. The number of carbonyl (C=O) groups excluding carboxylic acids is 1. The van der Waals surface area contributed by atoms with Crippen molar-refractivity contribution in [2.75, 3.05) is 11.9 Å². The first-order chi connectivity index (χ1) is 15.5. The van der Waals surface area contributed by atoms with Gasteiger partial charge in [-0.05, 0) is 54.8 Å². The lowest BCUT2D eigenvalue weighted by atomic mass is 10.1. The Morgan fingerprint density at radius 2 is 1.78 bits per heavy atom. The summed E-state index contributed by atoms with van der Waals surface area (Å²) >= 11 is 0. The van der Waals surface area contributed by atoms with Crippen LogP contribution in [0.15, 0.2) is 77.9 Å². The van der Waals surface area contributed by atoms with Gasteiger partial charge in [0, 0.05) is 29.2 Å². The van der Waals surface area contributed by atoms with Gasteiger partial charge in [0.1, 0.15) is 11.6 Å². The van der Waals surface area contributed by atoms with Crippen LogP contribution < -0.4 is 10.6 Å². The Labute approximate surface area is 184 Å². The van der Waals surface area contributed by atoms with Gasteiger partial charge in [0.15, 0.2) is 0 Å². The van der Waals surface area contributed by atoms with Gasteiger partial charge in [-0.2, -0.15) is 0 Å². The van der Waals surface area contributed by atoms with Crippen LogP contribution in [0.25, 0.3) is 10.9 Å². The second-order valence-electron chi connectivity index (χ2n) is 7.36. The zero-order valence-corrected chi connectivity index (χ0v) is 17.5. The van der Waals surface area contributed by atoms with Crippen molar-refractivity contribution in [2.24, 2.45) is 4.99 Å². The van der Waals surface area contributed by atoms with Crippen LogP contribution >= 0.6 is 0 Å². The van der Waals surface area contributed by atoms with E-state index < -0.39 is 17.5 Å². The number of nitrogens with one attached hydrogen (secondary N) is 3. The van der Waals surface area contributed by atoms with Crippen molar-refractivity contribution < 1.29 is 13.6 Å². The Morgan fingerprint density at radius 3 is 2.59 bits per heavy atom. The van der Waals surface area contributed by atoms with Crippen LogP contribution in [0.5, 0.6) is 0 Å². The second-order valence-corrected chi connectivity index (χ2v) is 7.36. The lowest BCUT2D eigenvalue weighted by Crippen LogP contribution is -2.36. The third-order valence-corrected chi connectivity index (χ3v) is 5.12. The van der Waals surface area contributed by atoms with Crippen LogP contribution in [0, 0.1) is 18.6 Å². The molecule has 0 unspecified atom stereocenters. The van der Waals surface area contributed by atoms with Crippen LogP contribution in [0.3, 0.4) is 0 Å². The molecule has 1 amide bonds. The van der Waals surface area contributed by atoms with Gasteiger partial charge in [0.05, 0.1) is 5.69 Å². The number of H-pyrrole nitrogens is 1. The number of carbonyl (C=O) groups is 1. The van der Waals surface area contributed by atoms with Gasteiger partial charge in [0.2, 0.25) is 5.96 Å². The van der Waals surface area contributed by atoms with Crippen molar-refractivity contribution in [3.63, 3.8) is 0 Å². The van der Waals surface area contributed by atoms with Crippen molar-refractivity contribution in [1.82, 2.24) is 10.3 Å². The lowest BCUT2D eigenvalue weighted by Gasteiger charge is -2.13. The summed E-state index contributed by atoms with van der Waals surface area (Å²) < 4.78 is 28.0. The zero-order chi connectivity index (χ0) is 22.5. The molecule has 1 aromatic heterocycles. The highest BCUT2D eigenvalue weighted by Gasteiger charge is 2.13. The summed E-state index contributed by atoms with van der Waals surface area (Å²) in [5.74, 6) is -1.41. The number of rotatable bonds is 5. The third kappa shape index (κ3) is 4.83. The van der Waals surface area contributed by atoms with Crippen LogP contribution in [0.2, 0.25) is 0 Å². The molecule has 0 aliphatic rings. The molecule has 0 aliphatic heterocycles. The molecule has 7 heteroatoms. The predicted octanol–water partition coefficient (Wildman–Crippen LogP) is 5.20. The molecule has 0 aliphatic carbocycles. The fraction of sp³-hybridized carbons (Fsp3) is 0.120. The third-order valence-electron chi connectivity index (χ3n) is 5.12. The first-order valence-corrected chi connectivity index (χ1v) is 10.2. The monoisotopic (exact) mass is 432 g/mol. The maximum Gasteiger partial charge on any atom is 0.258 e.